The molecule has 4 nitrogen and oxygen atoms in total. The van der Waals surface area contributed by atoms with Gasteiger partial charge in [0.2, 0.25) is 0 Å². The summed E-state index contributed by atoms with van der Waals surface area (Å²) >= 11 is 0. The maximum atomic E-state index is 11.0. The second-order valence-corrected chi connectivity index (χ2v) is 3.82. The molecule has 0 heterocycles. The highest BCUT2D eigenvalue weighted by atomic mass is 16.5. The van der Waals surface area contributed by atoms with Crippen LogP contribution in [0.15, 0.2) is 30.3 Å². The molecule has 100 valence electrons. The first-order chi connectivity index (χ1) is 8.83. The van der Waals surface area contributed by atoms with Gasteiger partial charge in [0, 0.05) is 13.0 Å². The van der Waals surface area contributed by atoms with Crippen LogP contribution in [0.4, 0.5) is 0 Å². The molecule has 0 atom stereocenters. The van der Waals surface area contributed by atoms with E-state index in [0.717, 1.165) is 25.3 Å². The van der Waals surface area contributed by atoms with Crippen LogP contribution >= 0.6 is 0 Å². The Hall–Kier alpha value is -1.55. The van der Waals surface area contributed by atoms with Crippen LogP contribution < -0.4 is 10.1 Å². The van der Waals surface area contributed by atoms with E-state index < -0.39 is 0 Å². The van der Waals surface area contributed by atoms with Gasteiger partial charge >= 0.3 is 5.97 Å². The van der Waals surface area contributed by atoms with E-state index >= 15 is 0 Å². The summed E-state index contributed by atoms with van der Waals surface area (Å²) in [5.41, 5.74) is 0. The third kappa shape index (κ3) is 6.91. The molecule has 0 unspecified atom stereocenters. The van der Waals surface area contributed by atoms with Gasteiger partial charge < -0.3 is 14.8 Å². The monoisotopic (exact) mass is 251 g/mol. The molecule has 0 spiro atoms. The number of para-hydroxylation sites is 1. The van der Waals surface area contributed by atoms with E-state index in [2.05, 4.69) is 5.32 Å². The van der Waals surface area contributed by atoms with Crippen LogP contribution in [0.5, 0.6) is 5.75 Å². The molecule has 0 fully saturated rings. The van der Waals surface area contributed by atoms with Gasteiger partial charge in [0.05, 0.1) is 6.61 Å². The maximum Gasteiger partial charge on any atom is 0.305 e. The zero-order valence-electron chi connectivity index (χ0n) is 10.9. The Morgan fingerprint density at radius 3 is 2.72 bits per heavy atom. The molecular formula is C14H21NO3. The molecule has 0 saturated heterocycles. The highest BCUT2D eigenvalue weighted by Crippen LogP contribution is 2.07. The highest BCUT2D eigenvalue weighted by Gasteiger charge is 2.00. The molecule has 0 aliphatic rings. The quantitative estimate of drug-likeness (QED) is 0.538. The lowest BCUT2D eigenvalue weighted by molar-refractivity contribution is -0.143. The van der Waals surface area contributed by atoms with Crippen LogP contribution in [0.3, 0.4) is 0 Å². The highest BCUT2D eigenvalue weighted by molar-refractivity contribution is 5.69. The van der Waals surface area contributed by atoms with Crippen LogP contribution in [0.2, 0.25) is 0 Å². The fraction of sp³-hybridized carbons (Fsp3) is 0.500. The number of nitrogens with one attached hydrogen (secondary N) is 1. The molecule has 4 heteroatoms. The zero-order valence-corrected chi connectivity index (χ0v) is 10.9. The third-order valence-electron chi connectivity index (χ3n) is 2.33. The lowest BCUT2D eigenvalue weighted by Crippen LogP contribution is -2.22. The molecule has 1 N–H and O–H groups in total. The van der Waals surface area contributed by atoms with Crippen molar-refractivity contribution in [3.63, 3.8) is 0 Å². The van der Waals surface area contributed by atoms with E-state index in [-0.39, 0.29) is 5.97 Å². The molecule has 0 aromatic heterocycles. The number of rotatable bonds is 9. The Morgan fingerprint density at radius 2 is 2.00 bits per heavy atom. The summed E-state index contributed by atoms with van der Waals surface area (Å²) in [6.07, 6.45) is 1.27. The zero-order chi connectivity index (χ0) is 13.1. The van der Waals surface area contributed by atoms with Crippen molar-refractivity contribution in [3.8, 4) is 5.75 Å². The smallest absolute Gasteiger partial charge is 0.305 e. The predicted octanol–water partition coefficient (Wildman–Crippen LogP) is 2.00. The molecule has 1 aromatic rings. The lowest BCUT2D eigenvalue weighted by atomic mass is 10.3. The van der Waals surface area contributed by atoms with Gasteiger partial charge in [-0.1, -0.05) is 18.2 Å². The van der Waals surface area contributed by atoms with E-state index in [9.17, 15) is 4.79 Å². The second kappa shape index (κ2) is 9.48. The van der Waals surface area contributed by atoms with Gasteiger partial charge in [-0.3, -0.25) is 4.79 Å². The van der Waals surface area contributed by atoms with Crippen LogP contribution in [0, 0.1) is 0 Å². The first-order valence-corrected chi connectivity index (χ1v) is 6.37. The van der Waals surface area contributed by atoms with Gasteiger partial charge in [0.25, 0.3) is 0 Å². The first-order valence-electron chi connectivity index (χ1n) is 6.37. The Labute approximate surface area is 108 Å². The number of carbonyl (C=O) groups is 1. The first kappa shape index (κ1) is 14.5. The maximum absolute atomic E-state index is 11.0. The van der Waals surface area contributed by atoms with Gasteiger partial charge in [-0.25, -0.2) is 0 Å². The van der Waals surface area contributed by atoms with Crippen molar-refractivity contribution < 1.29 is 14.3 Å². The van der Waals surface area contributed by atoms with Crippen LogP contribution in [-0.4, -0.2) is 32.3 Å². The molecule has 0 saturated carbocycles. The second-order valence-electron chi connectivity index (χ2n) is 3.82. The SMILES string of the molecule is CCOC(=O)CCCNCCOc1ccccc1. The van der Waals surface area contributed by atoms with Crippen LogP contribution in [0.25, 0.3) is 0 Å². The summed E-state index contributed by atoms with van der Waals surface area (Å²) in [7, 11) is 0. The average molecular weight is 251 g/mol. The summed E-state index contributed by atoms with van der Waals surface area (Å²) in [5.74, 6) is 0.755. The molecule has 0 amide bonds. The van der Waals surface area contributed by atoms with Gasteiger partial charge in [0.15, 0.2) is 0 Å². The van der Waals surface area contributed by atoms with Crippen LogP contribution in [-0.2, 0) is 9.53 Å². The Kier molecular flexibility index (Phi) is 7.64. The standard InChI is InChI=1S/C14H21NO3/c1-2-17-14(16)9-6-10-15-11-12-18-13-7-4-3-5-8-13/h3-5,7-8,15H,2,6,9-12H2,1H3. The molecule has 0 radical (unpaired) electrons. The molecule has 0 bridgehead atoms. The Morgan fingerprint density at radius 1 is 1.22 bits per heavy atom. The summed E-state index contributed by atoms with van der Waals surface area (Å²) in [4.78, 5) is 11.0. The number of benzene rings is 1. The predicted molar refractivity (Wildman–Crippen MR) is 70.7 cm³/mol. The normalized spacial score (nSPS) is 10.1. The minimum absolute atomic E-state index is 0.125. The van der Waals surface area contributed by atoms with E-state index in [1.807, 2.05) is 37.3 Å². The van der Waals surface area contributed by atoms with Crippen LogP contribution in [0.1, 0.15) is 19.8 Å². The number of carbonyl (C=O) groups excluding carboxylic acids is 1. The molecule has 1 aromatic carbocycles. The van der Waals surface area contributed by atoms with Gasteiger partial charge in [-0.2, -0.15) is 0 Å². The number of esters is 1. The largest absolute Gasteiger partial charge is 0.492 e. The topological polar surface area (TPSA) is 47.6 Å². The van der Waals surface area contributed by atoms with E-state index in [4.69, 9.17) is 9.47 Å². The molecule has 0 aliphatic heterocycles. The minimum Gasteiger partial charge on any atom is -0.492 e. The van der Waals surface area contributed by atoms with Crippen molar-refractivity contribution in [1.29, 1.82) is 0 Å². The summed E-state index contributed by atoms with van der Waals surface area (Å²) in [6.45, 7) is 4.48. The van der Waals surface area contributed by atoms with Gasteiger partial charge in [-0.15, -0.1) is 0 Å². The van der Waals surface area contributed by atoms with Crippen molar-refractivity contribution in [1.82, 2.24) is 5.32 Å². The molecule has 0 aliphatic carbocycles. The Bertz CT molecular complexity index is 327. The minimum atomic E-state index is -0.125. The summed E-state index contributed by atoms with van der Waals surface area (Å²) in [5, 5.41) is 3.22. The van der Waals surface area contributed by atoms with E-state index in [0.29, 0.717) is 19.6 Å². The third-order valence-corrected chi connectivity index (χ3v) is 2.33. The number of hydrogen-bond donors (Lipinski definition) is 1. The fourth-order valence-electron chi connectivity index (χ4n) is 1.47. The molecule has 1 rings (SSSR count). The lowest BCUT2D eigenvalue weighted by Gasteiger charge is -2.07. The summed E-state index contributed by atoms with van der Waals surface area (Å²) in [6, 6.07) is 9.71. The van der Waals surface area contributed by atoms with Gasteiger partial charge in [-0.05, 0) is 32.0 Å². The van der Waals surface area contributed by atoms with Crippen molar-refractivity contribution in [2.24, 2.45) is 0 Å². The van der Waals surface area contributed by atoms with Crippen molar-refractivity contribution in [3.05, 3.63) is 30.3 Å². The number of hydrogen-bond acceptors (Lipinski definition) is 4. The fourth-order valence-corrected chi connectivity index (χ4v) is 1.47. The van der Waals surface area contributed by atoms with Crippen molar-refractivity contribution in [2.75, 3.05) is 26.3 Å². The molecule has 18 heavy (non-hydrogen) atoms. The van der Waals surface area contributed by atoms with Crippen molar-refractivity contribution >= 4 is 5.97 Å². The van der Waals surface area contributed by atoms with E-state index in [1.54, 1.807) is 0 Å². The summed E-state index contributed by atoms with van der Waals surface area (Å²) < 4.78 is 10.4. The van der Waals surface area contributed by atoms with E-state index in [1.165, 1.54) is 0 Å². The van der Waals surface area contributed by atoms with Crippen molar-refractivity contribution in [2.45, 2.75) is 19.8 Å². The average Bonchev–Trinajstić information content (AvgIpc) is 2.39. The molecular weight excluding hydrogens is 230 g/mol. The number of ether oxygens (including phenoxy) is 2. The Balaban J connectivity index is 1.92. The van der Waals surface area contributed by atoms with Gasteiger partial charge in [0.1, 0.15) is 12.4 Å².